The van der Waals surface area contributed by atoms with Crippen LogP contribution in [0.2, 0.25) is 0 Å². The van der Waals surface area contributed by atoms with Gasteiger partial charge in [-0.3, -0.25) is 0 Å². The summed E-state index contributed by atoms with van der Waals surface area (Å²) in [5, 5.41) is 0. The van der Waals surface area contributed by atoms with Crippen molar-refractivity contribution in [2.45, 2.75) is 20.3 Å². The zero-order chi connectivity index (χ0) is 12.3. The summed E-state index contributed by atoms with van der Waals surface area (Å²) in [4.78, 5) is 2.34. The monoisotopic (exact) mass is 227 g/mol. The quantitative estimate of drug-likeness (QED) is 0.756. The van der Waals surface area contributed by atoms with Crippen molar-refractivity contribution in [3.05, 3.63) is 53.7 Å². The molecular formula is C16H21N. The molecule has 17 heavy (non-hydrogen) atoms. The van der Waals surface area contributed by atoms with E-state index in [1.165, 1.54) is 16.8 Å². The maximum absolute atomic E-state index is 2.38. The summed E-state index contributed by atoms with van der Waals surface area (Å²) in [6, 6.07) is 10.6. The van der Waals surface area contributed by atoms with E-state index < -0.39 is 0 Å². The second-order valence-corrected chi connectivity index (χ2v) is 4.82. The fraction of sp³-hybridized carbons (Fsp3) is 0.375. The van der Waals surface area contributed by atoms with Gasteiger partial charge in [-0.05, 0) is 36.5 Å². The van der Waals surface area contributed by atoms with Crippen LogP contribution in [0, 0.1) is 5.92 Å². The Hall–Kier alpha value is -1.50. The van der Waals surface area contributed by atoms with Crippen molar-refractivity contribution in [2.75, 3.05) is 13.6 Å². The van der Waals surface area contributed by atoms with Crippen LogP contribution in [-0.2, 0) is 0 Å². The maximum atomic E-state index is 2.38. The van der Waals surface area contributed by atoms with Crippen molar-refractivity contribution in [3.8, 4) is 0 Å². The lowest BCUT2D eigenvalue weighted by Gasteiger charge is -2.27. The lowest BCUT2D eigenvalue weighted by molar-refractivity contribution is 0.407. The van der Waals surface area contributed by atoms with Gasteiger partial charge in [0.15, 0.2) is 0 Å². The summed E-state index contributed by atoms with van der Waals surface area (Å²) in [6.45, 7) is 5.56. The molecule has 1 unspecified atom stereocenters. The third kappa shape index (κ3) is 2.79. The molecule has 0 saturated heterocycles. The van der Waals surface area contributed by atoms with Crippen LogP contribution in [0.4, 0.5) is 0 Å². The molecule has 1 aliphatic rings. The average molecular weight is 227 g/mol. The Morgan fingerprint density at radius 1 is 1.24 bits per heavy atom. The Bertz CT molecular complexity index is 428. The molecule has 0 heterocycles. The van der Waals surface area contributed by atoms with E-state index in [1.807, 2.05) is 0 Å². The first kappa shape index (κ1) is 12.0. The van der Waals surface area contributed by atoms with Crippen molar-refractivity contribution < 1.29 is 0 Å². The smallest absolute Gasteiger partial charge is 0.0143 e. The molecule has 0 N–H and O–H groups in total. The van der Waals surface area contributed by atoms with Gasteiger partial charge in [0.05, 0.1) is 0 Å². The lowest BCUT2D eigenvalue weighted by Crippen LogP contribution is -2.20. The number of nitrogens with zero attached hydrogens (tertiary/aromatic N) is 1. The van der Waals surface area contributed by atoms with Crippen LogP contribution >= 0.6 is 0 Å². The SMILES string of the molecule is CCN(C)C1=CC(c2ccccc2)=CC(C)C1. The van der Waals surface area contributed by atoms with Gasteiger partial charge in [-0.2, -0.15) is 0 Å². The predicted molar refractivity (Wildman–Crippen MR) is 74.6 cm³/mol. The Morgan fingerprint density at radius 3 is 2.59 bits per heavy atom. The second-order valence-electron chi connectivity index (χ2n) is 4.82. The Balaban J connectivity index is 2.31. The van der Waals surface area contributed by atoms with Gasteiger partial charge >= 0.3 is 0 Å². The molecule has 1 aromatic carbocycles. The molecular weight excluding hydrogens is 206 g/mol. The fourth-order valence-corrected chi connectivity index (χ4v) is 2.26. The number of hydrogen-bond donors (Lipinski definition) is 0. The molecule has 0 radical (unpaired) electrons. The largest absolute Gasteiger partial charge is 0.378 e. The lowest BCUT2D eigenvalue weighted by atomic mass is 9.91. The third-order valence-electron chi connectivity index (χ3n) is 3.39. The van der Waals surface area contributed by atoms with E-state index >= 15 is 0 Å². The van der Waals surface area contributed by atoms with E-state index in [4.69, 9.17) is 0 Å². The summed E-state index contributed by atoms with van der Waals surface area (Å²) < 4.78 is 0. The topological polar surface area (TPSA) is 3.24 Å². The molecule has 0 aliphatic heterocycles. The molecule has 0 bridgehead atoms. The molecule has 0 aromatic heterocycles. The van der Waals surface area contributed by atoms with Crippen LogP contribution in [0.3, 0.4) is 0 Å². The highest BCUT2D eigenvalue weighted by atomic mass is 15.1. The van der Waals surface area contributed by atoms with Crippen LogP contribution in [0.5, 0.6) is 0 Å². The van der Waals surface area contributed by atoms with Crippen LogP contribution < -0.4 is 0 Å². The van der Waals surface area contributed by atoms with Crippen molar-refractivity contribution >= 4 is 5.57 Å². The fourth-order valence-electron chi connectivity index (χ4n) is 2.26. The van der Waals surface area contributed by atoms with Crippen LogP contribution in [0.1, 0.15) is 25.8 Å². The van der Waals surface area contributed by atoms with Crippen molar-refractivity contribution in [1.29, 1.82) is 0 Å². The van der Waals surface area contributed by atoms with E-state index in [2.05, 4.69) is 68.3 Å². The highest BCUT2D eigenvalue weighted by Gasteiger charge is 2.14. The van der Waals surface area contributed by atoms with Crippen LogP contribution in [-0.4, -0.2) is 18.5 Å². The summed E-state index contributed by atoms with van der Waals surface area (Å²) in [6.07, 6.45) is 5.86. The Morgan fingerprint density at radius 2 is 1.94 bits per heavy atom. The van der Waals surface area contributed by atoms with Crippen molar-refractivity contribution in [2.24, 2.45) is 5.92 Å². The van der Waals surface area contributed by atoms with Crippen LogP contribution in [0.25, 0.3) is 5.57 Å². The molecule has 1 aliphatic carbocycles. The zero-order valence-electron chi connectivity index (χ0n) is 11.0. The molecule has 1 atom stereocenters. The van der Waals surface area contributed by atoms with E-state index in [0.29, 0.717) is 5.92 Å². The van der Waals surface area contributed by atoms with E-state index in [9.17, 15) is 0 Å². The summed E-state index contributed by atoms with van der Waals surface area (Å²) >= 11 is 0. The number of benzene rings is 1. The normalized spacial score (nSPS) is 19.6. The predicted octanol–water partition coefficient (Wildman–Crippen LogP) is 3.95. The molecule has 90 valence electrons. The van der Waals surface area contributed by atoms with E-state index in [-0.39, 0.29) is 0 Å². The number of allylic oxidation sites excluding steroid dienone is 4. The molecule has 2 rings (SSSR count). The number of hydrogen-bond acceptors (Lipinski definition) is 1. The van der Waals surface area contributed by atoms with Crippen LogP contribution in [0.15, 0.2) is 48.2 Å². The molecule has 1 nitrogen and oxygen atoms in total. The van der Waals surface area contributed by atoms with Gasteiger partial charge in [0.25, 0.3) is 0 Å². The van der Waals surface area contributed by atoms with Gasteiger partial charge in [0, 0.05) is 19.3 Å². The maximum Gasteiger partial charge on any atom is 0.0143 e. The summed E-state index contributed by atoms with van der Waals surface area (Å²) in [7, 11) is 2.17. The Kier molecular flexibility index (Phi) is 3.68. The van der Waals surface area contributed by atoms with E-state index in [1.54, 1.807) is 0 Å². The first-order valence-corrected chi connectivity index (χ1v) is 6.39. The first-order chi connectivity index (χ1) is 8.20. The molecule has 0 amide bonds. The molecule has 1 heteroatoms. The van der Waals surface area contributed by atoms with Crippen molar-refractivity contribution in [3.63, 3.8) is 0 Å². The van der Waals surface area contributed by atoms with Crippen molar-refractivity contribution in [1.82, 2.24) is 4.90 Å². The highest BCUT2D eigenvalue weighted by molar-refractivity contribution is 5.75. The van der Waals surface area contributed by atoms with Gasteiger partial charge in [0.1, 0.15) is 0 Å². The third-order valence-corrected chi connectivity index (χ3v) is 3.39. The minimum atomic E-state index is 0.624. The Labute approximate surface area is 104 Å². The van der Waals surface area contributed by atoms with Gasteiger partial charge in [0.2, 0.25) is 0 Å². The number of rotatable bonds is 3. The van der Waals surface area contributed by atoms with Gasteiger partial charge < -0.3 is 4.90 Å². The van der Waals surface area contributed by atoms with Gasteiger partial charge in [-0.15, -0.1) is 0 Å². The van der Waals surface area contributed by atoms with Gasteiger partial charge in [-0.1, -0.05) is 43.3 Å². The molecule has 1 aromatic rings. The van der Waals surface area contributed by atoms with Gasteiger partial charge in [-0.25, -0.2) is 0 Å². The average Bonchev–Trinajstić information content (AvgIpc) is 2.38. The molecule has 0 saturated carbocycles. The summed E-state index contributed by atoms with van der Waals surface area (Å²) in [5.74, 6) is 0.624. The second kappa shape index (κ2) is 5.22. The molecule has 0 spiro atoms. The van der Waals surface area contributed by atoms with E-state index in [0.717, 1.165) is 13.0 Å². The standard InChI is InChI=1S/C16H21N/c1-4-17(3)16-11-13(2)10-15(12-16)14-8-6-5-7-9-14/h5-10,12-13H,4,11H2,1-3H3. The zero-order valence-corrected chi connectivity index (χ0v) is 11.0. The summed E-state index contributed by atoms with van der Waals surface area (Å²) in [5.41, 5.74) is 4.13. The first-order valence-electron chi connectivity index (χ1n) is 6.39. The molecule has 0 fully saturated rings. The highest BCUT2D eigenvalue weighted by Crippen LogP contribution is 2.29. The minimum absolute atomic E-state index is 0.624. The minimum Gasteiger partial charge on any atom is -0.378 e.